The molecule has 0 saturated carbocycles. The molecular weight excluding hydrogens is 410 g/mol. The highest BCUT2D eigenvalue weighted by atomic mass is 32.1. The van der Waals surface area contributed by atoms with E-state index in [4.69, 9.17) is 10.8 Å². The van der Waals surface area contributed by atoms with E-state index in [-0.39, 0.29) is 5.91 Å². The number of aromatic nitrogens is 2. The van der Waals surface area contributed by atoms with Crippen molar-refractivity contribution in [1.29, 1.82) is 0 Å². The lowest BCUT2D eigenvalue weighted by Gasteiger charge is -2.17. The van der Waals surface area contributed by atoms with E-state index in [0.717, 1.165) is 21.8 Å². The summed E-state index contributed by atoms with van der Waals surface area (Å²) in [5.74, 6) is -0.129. The molecule has 4 aromatic rings. The van der Waals surface area contributed by atoms with E-state index >= 15 is 0 Å². The number of nitrogens with zero attached hydrogens (tertiary/aromatic N) is 3. The zero-order valence-corrected chi connectivity index (χ0v) is 17.7. The fourth-order valence-corrected chi connectivity index (χ4v) is 3.99. The summed E-state index contributed by atoms with van der Waals surface area (Å²) >= 11 is 1.61. The van der Waals surface area contributed by atoms with Gasteiger partial charge in [-0.1, -0.05) is 24.3 Å². The highest BCUT2D eigenvalue weighted by Crippen LogP contribution is 2.28. The maximum absolute atomic E-state index is 12.9. The van der Waals surface area contributed by atoms with Gasteiger partial charge >= 0.3 is 6.03 Å². The minimum atomic E-state index is -0.646. The predicted octanol–water partition coefficient (Wildman–Crippen LogP) is 4.36. The van der Waals surface area contributed by atoms with E-state index in [1.807, 2.05) is 58.7 Å². The zero-order chi connectivity index (χ0) is 21.8. The maximum atomic E-state index is 12.9. The summed E-state index contributed by atoms with van der Waals surface area (Å²) in [6, 6.07) is 19.9. The highest BCUT2D eigenvalue weighted by Gasteiger charge is 2.18. The number of thiophene rings is 1. The molecule has 0 saturated heterocycles. The number of carbonyl (C=O) groups is 2. The quantitative estimate of drug-likeness (QED) is 0.475. The molecule has 0 bridgehead atoms. The van der Waals surface area contributed by atoms with Crippen LogP contribution in [-0.4, -0.2) is 33.7 Å². The van der Waals surface area contributed by atoms with Crippen LogP contribution in [0.3, 0.4) is 0 Å². The average Bonchev–Trinajstić information content (AvgIpc) is 3.44. The molecule has 31 heavy (non-hydrogen) atoms. The summed E-state index contributed by atoms with van der Waals surface area (Å²) in [5, 5.41) is 9.28. The first-order valence-electron chi connectivity index (χ1n) is 9.61. The monoisotopic (exact) mass is 431 g/mol. The fraction of sp³-hybridized carbons (Fsp3) is 0.0870. The molecule has 0 radical (unpaired) electrons. The number of amides is 3. The lowest BCUT2D eigenvalue weighted by atomic mass is 10.1. The Hall–Kier alpha value is -3.91. The smallest absolute Gasteiger partial charge is 0.316 e. The lowest BCUT2D eigenvalue weighted by Crippen LogP contribution is -2.26. The van der Waals surface area contributed by atoms with Gasteiger partial charge in [-0.25, -0.2) is 9.48 Å². The molecule has 0 aliphatic rings. The van der Waals surface area contributed by atoms with Gasteiger partial charge in [0.25, 0.3) is 5.91 Å². The van der Waals surface area contributed by atoms with Gasteiger partial charge in [-0.3, -0.25) is 4.79 Å². The number of urea groups is 1. The van der Waals surface area contributed by atoms with Crippen LogP contribution in [0.5, 0.6) is 0 Å². The van der Waals surface area contributed by atoms with Crippen molar-refractivity contribution < 1.29 is 9.59 Å². The molecule has 0 unspecified atom stereocenters. The van der Waals surface area contributed by atoms with Gasteiger partial charge in [0.05, 0.1) is 10.6 Å². The number of carbonyl (C=O) groups excluding carboxylic acids is 2. The Bertz CT molecular complexity index is 1180. The minimum absolute atomic E-state index is 0.129. The van der Waals surface area contributed by atoms with E-state index in [0.29, 0.717) is 17.8 Å². The van der Waals surface area contributed by atoms with Crippen LogP contribution in [-0.2, 0) is 6.54 Å². The van der Waals surface area contributed by atoms with Crippen molar-refractivity contribution in [3.8, 4) is 16.3 Å². The van der Waals surface area contributed by atoms with Gasteiger partial charge in [0.1, 0.15) is 5.69 Å². The molecule has 0 atom stereocenters. The van der Waals surface area contributed by atoms with E-state index in [1.54, 1.807) is 47.5 Å². The van der Waals surface area contributed by atoms with Crippen molar-refractivity contribution in [1.82, 2.24) is 14.7 Å². The number of hydrogen-bond acceptors (Lipinski definition) is 4. The van der Waals surface area contributed by atoms with E-state index in [2.05, 4.69) is 5.32 Å². The lowest BCUT2D eigenvalue weighted by molar-refractivity contribution is 0.0785. The number of benzene rings is 2. The third-order valence-corrected chi connectivity index (χ3v) is 5.60. The average molecular weight is 432 g/mol. The number of hydrogen-bond donors (Lipinski definition) is 2. The molecule has 3 amide bonds. The Morgan fingerprint density at radius 2 is 1.81 bits per heavy atom. The fourth-order valence-electron chi connectivity index (χ4n) is 3.25. The van der Waals surface area contributed by atoms with Crippen molar-refractivity contribution in [2.45, 2.75) is 6.54 Å². The highest BCUT2D eigenvalue weighted by molar-refractivity contribution is 7.13. The van der Waals surface area contributed by atoms with Crippen molar-refractivity contribution >= 4 is 29.0 Å². The van der Waals surface area contributed by atoms with Crippen LogP contribution in [0.2, 0.25) is 0 Å². The molecule has 2 heterocycles. The van der Waals surface area contributed by atoms with Crippen molar-refractivity contribution in [3.05, 3.63) is 89.4 Å². The SMILES string of the molecule is CN(Cc1cn(-c2ccccc2)nc1-c1cccs1)C(=O)c1ccc(NC(N)=O)cc1. The van der Waals surface area contributed by atoms with Gasteiger partial charge in [-0.05, 0) is 47.8 Å². The topological polar surface area (TPSA) is 93.2 Å². The summed E-state index contributed by atoms with van der Waals surface area (Å²) in [7, 11) is 1.76. The van der Waals surface area contributed by atoms with Crippen molar-refractivity contribution in [3.63, 3.8) is 0 Å². The number of para-hydroxylation sites is 1. The van der Waals surface area contributed by atoms with E-state index < -0.39 is 6.03 Å². The predicted molar refractivity (Wildman–Crippen MR) is 122 cm³/mol. The second-order valence-corrected chi connectivity index (χ2v) is 7.94. The Kier molecular flexibility index (Phi) is 5.81. The van der Waals surface area contributed by atoms with Crippen LogP contribution in [0.1, 0.15) is 15.9 Å². The van der Waals surface area contributed by atoms with Gasteiger partial charge in [0, 0.05) is 36.6 Å². The number of rotatable bonds is 6. The van der Waals surface area contributed by atoms with E-state index in [1.165, 1.54) is 0 Å². The third kappa shape index (κ3) is 4.65. The molecule has 7 nitrogen and oxygen atoms in total. The number of nitrogens with one attached hydrogen (secondary N) is 1. The van der Waals surface area contributed by atoms with Crippen LogP contribution in [0, 0.1) is 0 Å². The molecule has 8 heteroatoms. The third-order valence-electron chi connectivity index (χ3n) is 4.72. The van der Waals surface area contributed by atoms with Crippen LogP contribution in [0.15, 0.2) is 78.3 Å². The van der Waals surface area contributed by atoms with Gasteiger partial charge in [-0.2, -0.15) is 5.10 Å². The summed E-state index contributed by atoms with van der Waals surface area (Å²) in [6.45, 7) is 0.403. The molecular formula is C23H21N5O2S. The normalized spacial score (nSPS) is 10.6. The molecule has 0 aliphatic carbocycles. The van der Waals surface area contributed by atoms with Crippen LogP contribution in [0.4, 0.5) is 10.5 Å². The zero-order valence-electron chi connectivity index (χ0n) is 16.9. The van der Waals surface area contributed by atoms with E-state index in [9.17, 15) is 9.59 Å². The standard InChI is InChI=1S/C23H21N5O2S/c1-27(22(29)16-9-11-18(12-10-16)25-23(24)30)14-17-15-28(19-6-3-2-4-7-19)26-21(17)20-8-5-13-31-20/h2-13,15H,14H2,1H3,(H3,24,25,30). The summed E-state index contributed by atoms with van der Waals surface area (Å²) < 4.78 is 1.84. The van der Waals surface area contributed by atoms with Gasteiger partial charge < -0.3 is 16.0 Å². The first-order valence-corrected chi connectivity index (χ1v) is 10.5. The van der Waals surface area contributed by atoms with Gasteiger partial charge in [0.2, 0.25) is 0 Å². The molecule has 4 rings (SSSR count). The van der Waals surface area contributed by atoms with Crippen LogP contribution in [0.25, 0.3) is 16.3 Å². The second kappa shape index (κ2) is 8.85. The summed E-state index contributed by atoms with van der Waals surface area (Å²) in [4.78, 5) is 26.6. The Balaban J connectivity index is 1.58. The van der Waals surface area contributed by atoms with Crippen molar-refractivity contribution in [2.75, 3.05) is 12.4 Å². The molecule has 3 N–H and O–H groups in total. The minimum Gasteiger partial charge on any atom is -0.351 e. The molecule has 2 aromatic carbocycles. The number of anilines is 1. The molecule has 0 fully saturated rings. The second-order valence-electron chi connectivity index (χ2n) is 6.99. The maximum Gasteiger partial charge on any atom is 0.316 e. The van der Waals surface area contributed by atoms with Crippen LogP contribution >= 0.6 is 11.3 Å². The first-order chi connectivity index (χ1) is 15.0. The first kappa shape index (κ1) is 20.4. The van der Waals surface area contributed by atoms with Crippen molar-refractivity contribution in [2.24, 2.45) is 5.73 Å². The Labute approximate surface area is 183 Å². The molecule has 2 aromatic heterocycles. The number of nitrogens with two attached hydrogens (primary N) is 1. The summed E-state index contributed by atoms with van der Waals surface area (Å²) in [5.41, 5.74) is 8.95. The molecule has 0 aliphatic heterocycles. The largest absolute Gasteiger partial charge is 0.351 e. The number of primary amides is 1. The van der Waals surface area contributed by atoms with Crippen LogP contribution < -0.4 is 11.1 Å². The Morgan fingerprint density at radius 3 is 2.45 bits per heavy atom. The van der Waals surface area contributed by atoms with Gasteiger partial charge in [0.15, 0.2) is 0 Å². The Morgan fingerprint density at radius 1 is 1.06 bits per heavy atom. The molecule has 156 valence electrons. The van der Waals surface area contributed by atoms with Gasteiger partial charge in [-0.15, -0.1) is 11.3 Å². The molecule has 0 spiro atoms. The summed E-state index contributed by atoms with van der Waals surface area (Å²) in [6.07, 6.45) is 1.97.